The van der Waals surface area contributed by atoms with Crippen LogP contribution in [0.25, 0.3) is 4.96 Å². The highest BCUT2D eigenvalue weighted by atomic mass is 32.1. The van der Waals surface area contributed by atoms with Gasteiger partial charge in [0.15, 0.2) is 5.82 Å². The van der Waals surface area contributed by atoms with Gasteiger partial charge in [-0.1, -0.05) is 25.2 Å². The van der Waals surface area contributed by atoms with Crippen molar-refractivity contribution in [2.75, 3.05) is 13.1 Å². The summed E-state index contributed by atoms with van der Waals surface area (Å²) in [7, 11) is 0. The third-order valence-electron chi connectivity index (χ3n) is 3.50. The van der Waals surface area contributed by atoms with Crippen molar-refractivity contribution in [3.63, 3.8) is 0 Å². The van der Waals surface area contributed by atoms with E-state index in [2.05, 4.69) is 34.5 Å². The molecule has 1 saturated heterocycles. The molecule has 1 atom stereocenters. The van der Waals surface area contributed by atoms with Gasteiger partial charge in [0.05, 0.1) is 0 Å². The van der Waals surface area contributed by atoms with Crippen LogP contribution in [0.4, 0.5) is 0 Å². The predicted octanol–water partition coefficient (Wildman–Crippen LogP) is 1.85. The molecule has 1 aliphatic rings. The van der Waals surface area contributed by atoms with Crippen LogP contribution in [-0.2, 0) is 6.42 Å². The molecule has 18 heavy (non-hydrogen) atoms. The van der Waals surface area contributed by atoms with Crippen LogP contribution in [0, 0.1) is 5.92 Å². The zero-order chi connectivity index (χ0) is 12.5. The number of fused-ring (bicyclic) bond motifs is 1. The minimum Gasteiger partial charge on any atom is -0.316 e. The van der Waals surface area contributed by atoms with E-state index in [1.54, 1.807) is 11.3 Å². The van der Waals surface area contributed by atoms with E-state index in [1.165, 1.54) is 30.9 Å². The molecule has 1 unspecified atom stereocenters. The molecule has 0 spiro atoms. The zero-order valence-electron chi connectivity index (χ0n) is 10.9. The number of rotatable bonds is 4. The number of hydrogen-bond donors (Lipinski definition) is 1. The zero-order valence-corrected chi connectivity index (χ0v) is 11.7. The highest BCUT2D eigenvalue weighted by Crippen LogP contribution is 2.21. The molecule has 0 bridgehead atoms. The van der Waals surface area contributed by atoms with Crippen molar-refractivity contribution < 1.29 is 0 Å². The van der Waals surface area contributed by atoms with Crippen LogP contribution in [-0.4, -0.2) is 32.9 Å². The summed E-state index contributed by atoms with van der Waals surface area (Å²) in [4.78, 5) is 0.929. The summed E-state index contributed by atoms with van der Waals surface area (Å²) < 4.78 is 1.91. The van der Waals surface area contributed by atoms with E-state index in [-0.39, 0.29) is 0 Å². The second-order valence-corrected chi connectivity index (χ2v) is 6.34. The van der Waals surface area contributed by atoms with Crippen LogP contribution in [0.5, 0.6) is 0 Å². The summed E-state index contributed by atoms with van der Waals surface area (Å²) in [6.07, 6.45) is 3.60. The maximum Gasteiger partial charge on any atom is 0.234 e. The van der Waals surface area contributed by atoms with Crippen molar-refractivity contribution in [3.8, 4) is 0 Å². The molecule has 1 N–H and O–H groups in total. The number of nitrogens with one attached hydrogen (secondary N) is 1. The third-order valence-corrected chi connectivity index (χ3v) is 4.46. The van der Waals surface area contributed by atoms with Crippen LogP contribution in [0.1, 0.15) is 43.4 Å². The molecule has 6 heteroatoms. The lowest BCUT2D eigenvalue weighted by Gasteiger charge is -2.04. The van der Waals surface area contributed by atoms with E-state index in [1.807, 2.05) is 4.52 Å². The molecule has 98 valence electrons. The van der Waals surface area contributed by atoms with Gasteiger partial charge in [0, 0.05) is 12.3 Å². The van der Waals surface area contributed by atoms with Gasteiger partial charge in [-0.05, 0) is 31.8 Å². The van der Waals surface area contributed by atoms with E-state index in [9.17, 15) is 0 Å². The Hall–Kier alpha value is -1.01. The van der Waals surface area contributed by atoms with Crippen molar-refractivity contribution in [1.82, 2.24) is 25.1 Å². The number of aryl methyl sites for hydroxylation is 1. The Balaban J connectivity index is 1.72. The summed E-state index contributed by atoms with van der Waals surface area (Å²) in [5.74, 6) is 2.16. The Morgan fingerprint density at radius 2 is 2.33 bits per heavy atom. The lowest BCUT2D eigenvalue weighted by atomic mass is 10.0. The summed E-state index contributed by atoms with van der Waals surface area (Å²) in [5.41, 5.74) is 0. The highest BCUT2D eigenvalue weighted by Gasteiger charge is 2.17. The van der Waals surface area contributed by atoms with Gasteiger partial charge in [-0.15, -0.1) is 10.2 Å². The molecule has 0 amide bonds. The SMILES string of the molecule is CC(C)c1nnc2sc(CCC3CCNC3)nn12. The van der Waals surface area contributed by atoms with Gasteiger partial charge in [0.1, 0.15) is 5.01 Å². The van der Waals surface area contributed by atoms with Crippen molar-refractivity contribution in [2.24, 2.45) is 5.92 Å². The van der Waals surface area contributed by atoms with Gasteiger partial charge in [-0.3, -0.25) is 0 Å². The Morgan fingerprint density at radius 1 is 1.44 bits per heavy atom. The van der Waals surface area contributed by atoms with E-state index < -0.39 is 0 Å². The molecule has 0 aromatic carbocycles. The van der Waals surface area contributed by atoms with Crippen molar-refractivity contribution in [1.29, 1.82) is 0 Å². The fraction of sp³-hybridized carbons (Fsp3) is 0.750. The molecule has 2 aromatic rings. The van der Waals surface area contributed by atoms with Crippen LogP contribution in [0.3, 0.4) is 0 Å². The summed E-state index contributed by atoms with van der Waals surface area (Å²) in [6.45, 7) is 6.59. The first kappa shape index (κ1) is 12.0. The first-order valence-corrected chi connectivity index (χ1v) is 7.47. The van der Waals surface area contributed by atoms with Gasteiger partial charge in [-0.25, -0.2) is 0 Å². The Labute approximate surface area is 111 Å². The van der Waals surface area contributed by atoms with E-state index in [0.29, 0.717) is 5.92 Å². The Kier molecular flexibility index (Phi) is 3.30. The fourth-order valence-corrected chi connectivity index (χ4v) is 3.28. The van der Waals surface area contributed by atoms with Crippen LogP contribution < -0.4 is 5.32 Å². The Morgan fingerprint density at radius 3 is 3.06 bits per heavy atom. The molecule has 3 heterocycles. The summed E-state index contributed by atoms with van der Waals surface area (Å²) in [6, 6.07) is 0. The van der Waals surface area contributed by atoms with Crippen LogP contribution >= 0.6 is 11.3 Å². The lowest BCUT2D eigenvalue weighted by Crippen LogP contribution is -2.09. The van der Waals surface area contributed by atoms with Crippen LogP contribution in [0.2, 0.25) is 0 Å². The summed E-state index contributed by atoms with van der Waals surface area (Å²) in [5, 5.41) is 17.6. The second-order valence-electron chi connectivity index (χ2n) is 5.30. The number of nitrogens with zero attached hydrogens (tertiary/aromatic N) is 4. The summed E-state index contributed by atoms with van der Waals surface area (Å²) >= 11 is 1.68. The first-order chi connectivity index (χ1) is 8.74. The van der Waals surface area contributed by atoms with Crippen molar-refractivity contribution in [2.45, 2.75) is 39.0 Å². The Bertz CT molecular complexity index is 524. The highest BCUT2D eigenvalue weighted by molar-refractivity contribution is 7.16. The van der Waals surface area contributed by atoms with Gasteiger partial charge < -0.3 is 5.32 Å². The molecule has 0 aliphatic carbocycles. The van der Waals surface area contributed by atoms with Gasteiger partial charge in [0.2, 0.25) is 4.96 Å². The largest absolute Gasteiger partial charge is 0.316 e. The normalized spacial score (nSPS) is 20.3. The van der Waals surface area contributed by atoms with Crippen molar-refractivity contribution in [3.05, 3.63) is 10.8 Å². The average Bonchev–Trinajstić information content (AvgIpc) is 3.02. The maximum absolute atomic E-state index is 4.64. The number of aromatic nitrogens is 4. The second kappa shape index (κ2) is 4.93. The minimum atomic E-state index is 0.369. The topological polar surface area (TPSA) is 55.1 Å². The quantitative estimate of drug-likeness (QED) is 0.916. The maximum atomic E-state index is 4.64. The lowest BCUT2D eigenvalue weighted by molar-refractivity contribution is 0.530. The molecular formula is C12H19N5S. The predicted molar refractivity (Wildman–Crippen MR) is 72.0 cm³/mol. The molecule has 0 saturated carbocycles. The third kappa shape index (κ3) is 2.27. The first-order valence-electron chi connectivity index (χ1n) is 6.66. The van der Waals surface area contributed by atoms with E-state index in [4.69, 9.17) is 0 Å². The minimum absolute atomic E-state index is 0.369. The van der Waals surface area contributed by atoms with Gasteiger partial charge in [0.25, 0.3) is 0 Å². The monoisotopic (exact) mass is 265 g/mol. The molecule has 3 rings (SSSR count). The molecule has 1 fully saturated rings. The van der Waals surface area contributed by atoms with E-state index >= 15 is 0 Å². The van der Waals surface area contributed by atoms with Gasteiger partial charge in [-0.2, -0.15) is 9.61 Å². The standard InChI is InChI=1S/C12H19N5S/c1-8(2)11-14-15-12-17(11)16-10(18-12)4-3-9-5-6-13-7-9/h8-9,13H,3-7H2,1-2H3. The molecule has 2 aromatic heterocycles. The number of hydrogen-bond acceptors (Lipinski definition) is 5. The fourth-order valence-electron chi connectivity index (χ4n) is 2.42. The molecule has 5 nitrogen and oxygen atoms in total. The molecule has 0 radical (unpaired) electrons. The van der Waals surface area contributed by atoms with Gasteiger partial charge >= 0.3 is 0 Å². The van der Waals surface area contributed by atoms with E-state index in [0.717, 1.165) is 23.1 Å². The average molecular weight is 265 g/mol. The molecule has 1 aliphatic heterocycles. The van der Waals surface area contributed by atoms with Crippen LogP contribution in [0.15, 0.2) is 0 Å². The van der Waals surface area contributed by atoms with Crippen molar-refractivity contribution >= 4 is 16.3 Å². The molecular weight excluding hydrogens is 246 g/mol. The smallest absolute Gasteiger partial charge is 0.234 e.